The maximum Gasteiger partial charge on any atom is 0.490 e. The minimum atomic E-state index is -5.08. The molecule has 0 saturated carbocycles. The molecule has 3 aromatic heterocycles. The van der Waals surface area contributed by atoms with Gasteiger partial charge in [-0.1, -0.05) is 5.16 Å². The van der Waals surface area contributed by atoms with Gasteiger partial charge in [-0.05, 0) is 39.3 Å². The van der Waals surface area contributed by atoms with E-state index in [0.29, 0.717) is 16.7 Å². The van der Waals surface area contributed by atoms with Crippen molar-refractivity contribution in [3.8, 4) is 5.75 Å². The van der Waals surface area contributed by atoms with Gasteiger partial charge in [0.1, 0.15) is 36.4 Å². The van der Waals surface area contributed by atoms with Gasteiger partial charge in [-0.2, -0.15) is 31.1 Å². The molecule has 2 aliphatic heterocycles. The average molecular weight is 752 g/mol. The molecule has 0 spiro atoms. The number of aromatic nitrogens is 3. The molecule has 2 amide bonds. The van der Waals surface area contributed by atoms with Crippen molar-refractivity contribution in [3.63, 3.8) is 0 Å². The van der Waals surface area contributed by atoms with E-state index in [-0.39, 0.29) is 29.8 Å². The molecule has 6 N–H and O–H groups in total. The highest BCUT2D eigenvalue weighted by atomic mass is 32.3. The Balaban J connectivity index is 0.000000727. The van der Waals surface area contributed by atoms with Gasteiger partial charge in [-0.3, -0.25) is 14.1 Å². The number of fused-ring (bicyclic) bond motifs is 1. The van der Waals surface area contributed by atoms with Crippen molar-refractivity contribution in [1.82, 2.24) is 25.2 Å². The van der Waals surface area contributed by atoms with E-state index in [1.165, 1.54) is 24.9 Å². The van der Waals surface area contributed by atoms with E-state index in [1.54, 1.807) is 0 Å². The molecule has 0 aliphatic carbocycles. The first-order valence-corrected chi connectivity index (χ1v) is 16.9. The highest BCUT2D eigenvalue weighted by molar-refractivity contribution is 7.80. The number of imidazole rings is 1. The number of hydroxylamine groups is 2. The number of hydrogen-bond donors (Lipinski definition) is 5. The molecule has 23 heteroatoms. The number of aryl methyl sites for hydroxylation is 1. The summed E-state index contributed by atoms with van der Waals surface area (Å²) in [6, 6.07) is 2.66. The predicted octanol–water partition coefficient (Wildman–Crippen LogP) is 0.543. The van der Waals surface area contributed by atoms with Crippen LogP contribution >= 0.6 is 11.3 Å². The van der Waals surface area contributed by atoms with Gasteiger partial charge in [-0.15, -0.1) is 15.6 Å². The summed E-state index contributed by atoms with van der Waals surface area (Å²) in [7, 11) is -2.89. The minimum Gasteiger partial charge on any atom is -0.486 e. The van der Waals surface area contributed by atoms with Gasteiger partial charge in [-0.25, -0.2) is 14.3 Å². The number of nitrogen functional groups attached to an aromatic ring is 1. The number of rotatable bonds is 11. The van der Waals surface area contributed by atoms with Crippen molar-refractivity contribution in [3.05, 3.63) is 41.3 Å². The maximum absolute atomic E-state index is 13.1. The number of β-lactam (4-membered cyclic amide) rings is 1. The van der Waals surface area contributed by atoms with Crippen LogP contribution < -0.4 is 25.5 Å². The number of anilines is 1. The summed E-state index contributed by atoms with van der Waals surface area (Å²) in [5.74, 6) is -3.40. The molecule has 0 radical (unpaired) electrons. The maximum atomic E-state index is 13.1. The predicted molar refractivity (Wildman–Crippen MR) is 167 cm³/mol. The zero-order valence-corrected chi connectivity index (χ0v) is 28.3. The van der Waals surface area contributed by atoms with E-state index in [9.17, 15) is 31.2 Å². The van der Waals surface area contributed by atoms with Gasteiger partial charge < -0.3 is 31.0 Å². The topological polar surface area (TPSA) is 241 Å². The van der Waals surface area contributed by atoms with Gasteiger partial charge in [0.2, 0.25) is 0 Å². The van der Waals surface area contributed by atoms with Crippen LogP contribution in [0.25, 0.3) is 5.65 Å². The Hall–Kier alpha value is -4.58. The molecule has 2 aliphatic rings. The number of ether oxygens (including phenoxy) is 1. The van der Waals surface area contributed by atoms with Crippen LogP contribution in [0.3, 0.4) is 0 Å². The summed E-state index contributed by atoms with van der Waals surface area (Å²) in [5, 5.41) is 19.1. The molecule has 1 unspecified atom stereocenters. The Labute approximate surface area is 286 Å². The van der Waals surface area contributed by atoms with Crippen molar-refractivity contribution in [2.24, 2.45) is 12.2 Å². The number of hydrogen-bond acceptors (Lipinski definition) is 13. The highest BCUT2D eigenvalue weighted by Gasteiger charge is 2.58. The lowest BCUT2D eigenvalue weighted by molar-refractivity contribution is -0.511. The van der Waals surface area contributed by atoms with Crippen LogP contribution in [-0.4, -0.2) is 100 Å². The van der Waals surface area contributed by atoms with E-state index < -0.39 is 45.9 Å². The summed E-state index contributed by atoms with van der Waals surface area (Å²) in [5.41, 5.74) is 6.57. The first kappa shape index (κ1) is 38.2. The zero-order valence-electron chi connectivity index (χ0n) is 26.7. The lowest BCUT2D eigenvalue weighted by Gasteiger charge is -2.50. The van der Waals surface area contributed by atoms with E-state index in [0.717, 1.165) is 42.9 Å². The normalized spacial score (nSPS) is 19.3. The molecule has 0 aromatic carbocycles. The number of nitrogens with one attached hydrogen (secondary N) is 2. The monoisotopic (exact) mass is 751 g/mol. The second-order valence-electron chi connectivity index (χ2n) is 11.5. The van der Waals surface area contributed by atoms with Gasteiger partial charge in [0.25, 0.3) is 17.5 Å². The average Bonchev–Trinajstić information content (AvgIpc) is 3.62. The number of thiazole rings is 1. The Morgan fingerprint density at radius 2 is 1.98 bits per heavy atom. The largest absolute Gasteiger partial charge is 0.490 e. The lowest BCUT2D eigenvalue weighted by Crippen LogP contribution is -2.76. The fourth-order valence-corrected chi connectivity index (χ4v) is 6.14. The number of aliphatic carboxylic acids is 1. The fraction of sp³-hybridized carbons (Fsp3) is 0.481. The molecule has 18 nitrogen and oxygen atoms in total. The Morgan fingerprint density at radius 3 is 2.54 bits per heavy atom. The molecule has 5 heterocycles. The number of nitrogens with two attached hydrogens (primary N) is 1. The summed E-state index contributed by atoms with van der Waals surface area (Å²) < 4.78 is 77.2. The van der Waals surface area contributed by atoms with Crippen LogP contribution in [0.1, 0.15) is 44.0 Å². The highest BCUT2D eigenvalue weighted by Crippen LogP contribution is 2.33. The fourth-order valence-electron chi connectivity index (χ4n) is 5.13. The molecule has 2 saturated heterocycles. The van der Waals surface area contributed by atoms with Crippen LogP contribution in [0.2, 0.25) is 0 Å². The third-order valence-corrected chi connectivity index (χ3v) is 8.60. The number of pyridine rings is 1. The minimum absolute atomic E-state index is 0.0171. The van der Waals surface area contributed by atoms with E-state index >= 15 is 0 Å². The number of carboxylic acid groups (broad SMARTS) is 1. The second kappa shape index (κ2) is 15.1. The van der Waals surface area contributed by atoms with Crippen molar-refractivity contribution < 1.29 is 63.9 Å². The van der Waals surface area contributed by atoms with Crippen LogP contribution in [0, 0.1) is 0 Å². The first-order chi connectivity index (χ1) is 23.3. The van der Waals surface area contributed by atoms with Gasteiger partial charge in [0, 0.05) is 23.9 Å². The van der Waals surface area contributed by atoms with Crippen molar-refractivity contribution >= 4 is 56.0 Å². The Morgan fingerprint density at radius 1 is 1.28 bits per heavy atom. The molecule has 274 valence electrons. The summed E-state index contributed by atoms with van der Waals surface area (Å²) >= 11 is 1.08. The van der Waals surface area contributed by atoms with Gasteiger partial charge in [0.05, 0.1) is 12.6 Å². The van der Waals surface area contributed by atoms with Crippen LogP contribution in [-0.2, 0) is 41.0 Å². The SMILES string of the molecule is Cn1c(C2CCCNC2)c[n+]2cc(OCCO/N=C(\C(=O)N[C@@H]3C(=O)N(OS(=O)(=O)O)C3(C)C)c3csc(N)n3)ccc12.O=C(O)C(F)(F)F. The number of carbonyl (C=O) groups is 3. The quantitative estimate of drug-likeness (QED) is 0.0450. The Kier molecular flexibility index (Phi) is 11.6. The number of nitrogens with zero attached hydrogens (tertiary/aromatic N) is 5. The van der Waals surface area contributed by atoms with E-state index in [2.05, 4.69) is 42.9 Å². The van der Waals surface area contributed by atoms with Crippen molar-refractivity contribution in [2.75, 3.05) is 32.0 Å². The smallest absolute Gasteiger partial charge is 0.486 e. The number of carbonyl (C=O) groups excluding carboxylic acids is 2. The molecule has 5 rings (SSSR count). The summed E-state index contributed by atoms with van der Waals surface area (Å²) in [4.78, 5) is 43.9. The van der Waals surface area contributed by atoms with Crippen LogP contribution in [0.15, 0.2) is 35.1 Å². The number of piperidine rings is 1. The lowest BCUT2D eigenvalue weighted by atomic mass is 9.84. The molecular formula is C27H34F3N8O10S2+. The zero-order chi connectivity index (χ0) is 37.0. The number of carboxylic acids is 1. The Bertz CT molecular complexity index is 1870. The third-order valence-electron chi connectivity index (χ3n) is 7.59. The summed E-state index contributed by atoms with van der Waals surface area (Å²) in [6.45, 7) is 4.98. The second-order valence-corrected chi connectivity index (χ2v) is 13.4. The van der Waals surface area contributed by atoms with E-state index in [1.807, 2.05) is 22.7 Å². The summed E-state index contributed by atoms with van der Waals surface area (Å²) in [6.07, 6.45) is 1.21. The van der Waals surface area contributed by atoms with Crippen LogP contribution in [0.4, 0.5) is 18.3 Å². The molecule has 0 bridgehead atoms. The number of oxime groups is 1. The first-order valence-electron chi connectivity index (χ1n) is 14.7. The number of halogens is 3. The van der Waals surface area contributed by atoms with E-state index in [4.69, 9.17) is 29.8 Å². The number of amides is 2. The van der Waals surface area contributed by atoms with Crippen molar-refractivity contribution in [1.29, 1.82) is 0 Å². The molecular weight excluding hydrogens is 717 g/mol. The van der Waals surface area contributed by atoms with Gasteiger partial charge in [0.15, 0.2) is 23.2 Å². The standard InChI is InChI=1S/C25H32N8O8S2.C2HF3O2/c1-25(2)21(23(35)33(25)41-43(36,37)38)29-22(34)20(17-14-42-24(26)28-17)30-40-10-9-39-16-6-7-19-31(3)18(13-32(19)12-16)15-5-4-8-27-11-15;3-2(4,5)1(6)7/h6-7,12-15,21,27H,4-5,8-11H2,1-3H3,(H3-,26,28,29,34,36,37,38);(H,6,7)/p+1/b30-20-;/t15?,21-;/m1./s1. The molecule has 3 aromatic rings. The molecule has 2 atom stereocenters. The molecule has 50 heavy (non-hydrogen) atoms. The number of alkyl halides is 3. The van der Waals surface area contributed by atoms with Crippen molar-refractivity contribution in [2.45, 2.75) is 50.4 Å². The van der Waals surface area contributed by atoms with Crippen LogP contribution in [0.5, 0.6) is 5.75 Å². The third kappa shape index (κ3) is 9.15. The molecule has 2 fully saturated rings. The van der Waals surface area contributed by atoms with Gasteiger partial charge >= 0.3 is 22.5 Å².